The van der Waals surface area contributed by atoms with E-state index in [0.717, 1.165) is 20.8 Å². The minimum absolute atomic E-state index is 0.885. The van der Waals surface area contributed by atoms with Gasteiger partial charge in [-0.15, -0.1) is 0 Å². The standard InChI is InChI=1S/C48H79N3O37/c1-12(57)50-24-16(61)5-48(46(75)76,87-38(24)29(66)20(8-54)85-47(45(73)74)4-15(60)23(49)37(86-47)26(63)17(62)11-77-14(3)59)88-40-28(65)19(7-53)80-44(34(40)71)82-35-22(10-56)81-42(25(30(35)67)51-13(2)58)84-39-27(64)18(6-52)79-43(33(39)70)83-36-21(9-55)78-41(72)32(69)31(36)68/h15-44,52-56,60-72H,4-11,49H2,1-3H3,(H,50,57)(H,51,58)(H,73,74)(H,75,76)/t15-,16-,17+,18+,19+,20+,21+,22+,23+,24+,25+,26+,27-,28-,29+,30+,31+,32+,33+,34+,35+,36+,37+,38+,39-,40-,41+,42-,43-,44-,47+,48-/m0/s1. The van der Waals surface area contributed by atoms with Gasteiger partial charge < -0.3 is 175 Å². The maximum absolute atomic E-state index is 13.5. The minimum atomic E-state index is -3.47. The molecule has 24 N–H and O–H groups in total. The largest absolute Gasteiger partial charge is 0.477 e. The highest BCUT2D eigenvalue weighted by Crippen LogP contribution is 2.41. The van der Waals surface area contributed by atoms with Crippen molar-refractivity contribution in [3.8, 4) is 0 Å². The van der Waals surface area contributed by atoms with Gasteiger partial charge in [-0.25, -0.2) is 9.59 Å². The van der Waals surface area contributed by atoms with E-state index in [1.54, 1.807) is 0 Å². The summed E-state index contributed by atoms with van der Waals surface area (Å²) in [6.45, 7) is -4.01. The Bertz CT molecular complexity index is 2320. The quantitative estimate of drug-likeness (QED) is 0.0377. The van der Waals surface area contributed by atoms with Gasteiger partial charge in [-0.3, -0.25) is 14.4 Å². The fourth-order valence-corrected chi connectivity index (χ4v) is 10.9. The van der Waals surface area contributed by atoms with E-state index in [9.17, 15) is 126 Å². The number of carbonyl (C=O) groups is 5. The maximum atomic E-state index is 13.5. The lowest BCUT2D eigenvalue weighted by molar-refractivity contribution is -0.391. The summed E-state index contributed by atoms with van der Waals surface area (Å²) in [5.41, 5.74) is 6.00. The number of hydrogen-bond acceptors (Lipinski definition) is 36. The van der Waals surface area contributed by atoms with E-state index in [-0.39, 0.29) is 0 Å². The first-order valence-electron chi connectivity index (χ1n) is 27.3. The van der Waals surface area contributed by atoms with Gasteiger partial charge >= 0.3 is 17.9 Å². The van der Waals surface area contributed by atoms with Crippen LogP contribution in [0.25, 0.3) is 0 Å². The number of aliphatic hydroxyl groups excluding tert-OH is 18. The van der Waals surface area contributed by atoms with Crippen molar-refractivity contribution < 1.29 is 183 Å². The van der Waals surface area contributed by atoms with Crippen LogP contribution in [-0.2, 0) is 80.8 Å². The molecule has 0 aromatic rings. The van der Waals surface area contributed by atoms with E-state index in [2.05, 4.69) is 15.4 Å². The van der Waals surface area contributed by atoms with Crippen LogP contribution >= 0.6 is 0 Å². The average molecular weight is 1290 g/mol. The molecule has 40 heteroatoms. The van der Waals surface area contributed by atoms with Crippen molar-refractivity contribution in [3.63, 3.8) is 0 Å². The first-order valence-corrected chi connectivity index (χ1v) is 27.3. The molecule has 508 valence electrons. The Morgan fingerprint density at radius 3 is 1.51 bits per heavy atom. The summed E-state index contributed by atoms with van der Waals surface area (Å²) in [5, 5.41) is 223. The van der Waals surface area contributed by atoms with Gasteiger partial charge in [0.2, 0.25) is 11.8 Å². The van der Waals surface area contributed by atoms with Gasteiger partial charge in [0.15, 0.2) is 25.2 Å². The minimum Gasteiger partial charge on any atom is -0.477 e. The van der Waals surface area contributed by atoms with Crippen molar-refractivity contribution in [2.75, 3.05) is 39.6 Å². The molecule has 6 aliphatic rings. The van der Waals surface area contributed by atoms with E-state index in [1.165, 1.54) is 0 Å². The number of carboxylic acid groups (broad SMARTS) is 2. The van der Waals surface area contributed by atoms with Crippen LogP contribution in [0.2, 0.25) is 0 Å². The Kier molecular flexibility index (Phi) is 25.6. The number of aliphatic hydroxyl groups is 18. The zero-order valence-corrected chi connectivity index (χ0v) is 46.9. The number of rotatable bonds is 25. The Labute approximate surface area is 496 Å². The molecular formula is C48H79N3O37. The third-order valence-corrected chi connectivity index (χ3v) is 15.6. The van der Waals surface area contributed by atoms with E-state index in [0.29, 0.717) is 0 Å². The van der Waals surface area contributed by atoms with E-state index in [4.69, 9.17) is 57.8 Å². The molecule has 40 nitrogen and oxygen atoms in total. The highest BCUT2D eigenvalue weighted by atomic mass is 16.8. The summed E-state index contributed by atoms with van der Waals surface area (Å²) in [7, 11) is 0. The molecule has 2 amide bonds. The second-order valence-electron chi connectivity index (χ2n) is 21.8. The Morgan fingerprint density at radius 2 is 1.00 bits per heavy atom. The van der Waals surface area contributed by atoms with Gasteiger partial charge in [0.25, 0.3) is 11.6 Å². The van der Waals surface area contributed by atoms with Crippen LogP contribution < -0.4 is 16.4 Å². The number of hydrogen-bond donors (Lipinski definition) is 23. The smallest absolute Gasteiger partial charge is 0.364 e. The van der Waals surface area contributed by atoms with Crippen LogP contribution in [0.3, 0.4) is 0 Å². The molecule has 32 atom stereocenters. The molecule has 0 bridgehead atoms. The van der Waals surface area contributed by atoms with E-state index < -0.39 is 277 Å². The fraction of sp³-hybridized carbons (Fsp3) is 0.896. The lowest BCUT2D eigenvalue weighted by Crippen LogP contribution is -2.72. The Hall–Kier alpha value is -3.85. The lowest BCUT2D eigenvalue weighted by Gasteiger charge is -2.51. The second kappa shape index (κ2) is 30.7. The summed E-state index contributed by atoms with van der Waals surface area (Å²) in [5.74, 6) is -14.0. The fourth-order valence-electron chi connectivity index (χ4n) is 10.9. The molecule has 6 fully saturated rings. The topological polar surface area (TPSA) is 651 Å². The van der Waals surface area contributed by atoms with Crippen molar-refractivity contribution >= 4 is 29.7 Å². The third kappa shape index (κ3) is 15.8. The summed E-state index contributed by atoms with van der Waals surface area (Å²) < 4.78 is 66.8. The van der Waals surface area contributed by atoms with Gasteiger partial charge in [-0.1, -0.05) is 0 Å². The summed E-state index contributed by atoms with van der Waals surface area (Å²) in [6.07, 6.45) is -60.2. The normalized spacial score (nSPS) is 44.6. The molecule has 0 aliphatic carbocycles. The molecule has 0 unspecified atom stereocenters. The third-order valence-electron chi connectivity index (χ3n) is 15.6. The molecule has 6 aliphatic heterocycles. The molecule has 0 saturated carbocycles. The molecule has 6 heterocycles. The highest BCUT2D eigenvalue weighted by Gasteiger charge is 2.63. The Balaban J connectivity index is 1.27. The van der Waals surface area contributed by atoms with Gasteiger partial charge in [-0.2, -0.15) is 0 Å². The number of carboxylic acids is 2. The molecule has 88 heavy (non-hydrogen) atoms. The highest BCUT2D eigenvalue weighted by molar-refractivity contribution is 5.77. The summed E-state index contributed by atoms with van der Waals surface area (Å²) in [6, 6.07) is -5.61. The predicted octanol–water partition coefficient (Wildman–Crippen LogP) is -14.9. The number of carbonyl (C=O) groups excluding carboxylic acids is 3. The predicted molar refractivity (Wildman–Crippen MR) is 268 cm³/mol. The van der Waals surface area contributed by atoms with Crippen LogP contribution in [0, 0.1) is 0 Å². The molecule has 0 aromatic carbocycles. The number of ether oxygens (including phenoxy) is 12. The molecule has 6 saturated heterocycles. The molecule has 0 radical (unpaired) electrons. The van der Waals surface area contributed by atoms with Crippen LogP contribution in [0.15, 0.2) is 0 Å². The van der Waals surface area contributed by atoms with Crippen molar-refractivity contribution in [1.82, 2.24) is 10.6 Å². The average Bonchev–Trinajstić information content (AvgIpc) is 0.801. The first-order chi connectivity index (χ1) is 41.2. The van der Waals surface area contributed by atoms with Crippen molar-refractivity contribution in [3.05, 3.63) is 0 Å². The maximum Gasteiger partial charge on any atom is 0.364 e. The van der Waals surface area contributed by atoms with Crippen LogP contribution in [0.4, 0.5) is 0 Å². The monoisotopic (exact) mass is 1290 g/mol. The number of nitrogens with one attached hydrogen (secondary N) is 2. The Morgan fingerprint density at radius 1 is 0.534 bits per heavy atom. The van der Waals surface area contributed by atoms with Gasteiger partial charge in [0.1, 0.15) is 141 Å². The molecular weight excluding hydrogens is 1210 g/mol. The summed E-state index contributed by atoms with van der Waals surface area (Å²) in [4.78, 5) is 63.1. The van der Waals surface area contributed by atoms with E-state index in [1.807, 2.05) is 0 Å². The second-order valence-corrected chi connectivity index (χ2v) is 21.8. The van der Waals surface area contributed by atoms with Crippen molar-refractivity contribution in [1.29, 1.82) is 0 Å². The SMILES string of the molecule is CC(=O)N[C@H]1[C@H](O[C@H]2[C@@H](O)[C@@H](CO)O[C@@H](O[C@H]3[C@H](O)[C@@H](O)[C@H](O)O[C@@H]3CO)[C@@H]2O)O[C@H](CO)[C@@H](O[C@@H]2O[C@H](CO)[C@H](O)[C@H](O[C@]3(C(=O)O)C[C@H](O)[C@@H](NC(C)=O)[C@H]([C@H](O)[C@@H](CO)O[C@]4(C(=O)O)C[C@H](O)[C@@H](N)[C@H]([C@H](O)[C@H](O)COC(C)=O)O4)O3)[C@H]2O)[C@@H]1O. The van der Waals surface area contributed by atoms with Gasteiger partial charge in [0.05, 0.1) is 57.3 Å². The number of nitrogens with two attached hydrogens (primary N) is 1. The molecule has 6 rings (SSSR count). The van der Waals surface area contributed by atoms with Crippen LogP contribution in [0.1, 0.15) is 33.6 Å². The van der Waals surface area contributed by atoms with E-state index >= 15 is 0 Å². The van der Waals surface area contributed by atoms with Crippen LogP contribution in [0.5, 0.6) is 0 Å². The van der Waals surface area contributed by atoms with Crippen molar-refractivity contribution in [2.24, 2.45) is 5.73 Å². The zero-order valence-electron chi connectivity index (χ0n) is 46.9. The summed E-state index contributed by atoms with van der Waals surface area (Å²) >= 11 is 0. The lowest BCUT2D eigenvalue weighted by atomic mass is 9.87. The van der Waals surface area contributed by atoms with Gasteiger partial charge in [-0.05, 0) is 0 Å². The zero-order chi connectivity index (χ0) is 65.8. The first kappa shape index (κ1) is 73.2. The molecule has 0 spiro atoms. The number of aliphatic carboxylic acids is 2. The number of amides is 2. The van der Waals surface area contributed by atoms with Crippen molar-refractivity contribution in [2.45, 2.75) is 229 Å². The van der Waals surface area contributed by atoms with Crippen LogP contribution in [-0.4, -0.2) is 367 Å². The molecule has 0 aromatic heterocycles. The number of esters is 1. The van der Waals surface area contributed by atoms with Gasteiger partial charge in [0, 0.05) is 33.6 Å².